The third-order valence-electron chi connectivity index (χ3n) is 3.45. The highest BCUT2D eigenvalue weighted by molar-refractivity contribution is 5.38. The van der Waals surface area contributed by atoms with Crippen molar-refractivity contribution in [1.82, 2.24) is 9.55 Å². The number of aryl methyl sites for hydroxylation is 1. The fourth-order valence-corrected chi connectivity index (χ4v) is 2.46. The fourth-order valence-electron chi connectivity index (χ4n) is 2.46. The van der Waals surface area contributed by atoms with Crippen LogP contribution in [0.15, 0.2) is 30.7 Å². The van der Waals surface area contributed by atoms with E-state index in [0.29, 0.717) is 17.7 Å². The van der Waals surface area contributed by atoms with Crippen LogP contribution in [0.5, 0.6) is 5.75 Å². The van der Waals surface area contributed by atoms with Crippen LogP contribution in [0.4, 0.5) is 4.39 Å². The number of halogens is 1. The number of benzene rings is 1. The fraction of sp³-hybridized carbons (Fsp3) is 0.357. The maximum absolute atomic E-state index is 13.2. The molecule has 1 aromatic carbocycles. The van der Waals surface area contributed by atoms with Gasteiger partial charge in [-0.05, 0) is 25.1 Å². The van der Waals surface area contributed by atoms with Gasteiger partial charge in [0.2, 0.25) is 0 Å². The molecule has 1 N–H and O–H groups in total. The zero-order valence-electron chi connectivity index (χ0n) is 10.6. The minimum absolute atomic E-state index is 0.254. The first kappa shape index (κ1) is 12.2. The molecule has 0 amide bonds. The molecule has 0 saturated heterocycles. The number of ether oxygens (including phenoxy) is 1. The van der Waals surface area contributed by atoms with Gasteiger partial charge in [-0.15, -0.1) is 0 Å². The molecule has 2 atom stereocenters. The van der Waals surface area contributed by atoms with Crippen molar-refractivity contribution in [3.63, 3.8) is 0 Å². The molecule has 0 aliphatic carbocycles. The third kappa shape index (κ3) is 2.10. The van der Waals surface area contributed by atoms with Crippen LogP contribution in [-0.4, -0.2) is 14.7 Å². The van der Waals surface area contributed by atoms with E-state index in [1.54, 1.807) is 18.6 Å². The molecule has 1 aliphatic rings. The molecule has 2 aromatic rings. The van der Waals surface area contributed by atoms with Gasteiger partial charge in [-0.25, -0.2) is 9.37 Å². The summed E-state index contributed by atoms with van der Waals surface area (Å²) in [5.41, 5.74) is 1.44. The maximum Gasteiger partial charge on any atom is 0.143 e. The van der Waals surface area contributed by atoms with E-state index in [2.05, 4.69) is 4.98 Å². The largest absolute Gasteiger partial charge is 0.484 e. The van der Waals surface area contributed by atoms with Gasteiger partial charge in [0.1, 0.15) is 17.7 Å². The molecule has 3 rings (SSSR count). The Labute approximate surface area is 110 Å². The van der Waals surface area contributed by atoms with Gasteiger partial charge in [0, 0.05) is 18.5 Å². The lowest BCUT2D eigenvalue weighted by Gasteiger charge is -2.30. The Kier molecular flexibility index (Phi) is 2.98. The van der Waals surface area contributed by atoms with E-state index in [9.17, 15) is 9.50 Å². The zero-order valence-corrected chi connectivity index (χ0v) is 10.6. The minimum atomic E-state index is -0.718. The Morgan fingerprint density at radius 3 is 3.16 bits per heavy atom. The highest BCUT2D eigenvalue weighted by Gasteiger charge is 2.30. The predicted octanol–water partition coefficient (Wildman–Crippen LogP) is 2.60. The van der Waals surface area contributed by atoms with Crippen LogP contribution < -0.4 is 4.74 Å². The first-order chi connectivity index (χ1) is 9.19. The summed E-state index contributed by atoms with van der Waals surface area (Å²) in [5.74, 6) is 0.174. The van der Waals surface area contributed by atoms with Crippen molar-refractivity contribution in [3.8, 4) is 5.75 Å². The van der Waals surface area contributed by atoms with Crippen molar-refractivity contribution in [1.29, 1.82) is 0 Å². The topological polar surface area (TPSA) is 47.3 Å². The van der Waals surface area contributed by atoms with Crippen LogP contribution in [0.3, 0.4) is 0 Å². The van der Waals surface area contributed by atoms with Crippen LogP contribution in [0, 0.1) is 5.82 Å². The summed E-state index contributed by atoms with van der Waals surface area (Å²) in [6, 6.07) is 4.23. The van der Waals surface area contributed by atoms with Crippen LogP contribution in [0.2, 0.25) is 0 Å². The number of hydrogen-bond donors (Lipinski definition) is 1. The van der Waals surface area contributed by atoms with Crippen molar-refractivity contribution in [3.05, 3.63) is 47.8 Å². The number of imidazole rings is 1. The normalized spacial score (nSPS) is 21.8. The number of aromatic nitrogens is 2. The summed E-state index contributed by atoms with van der Waals surface area (Å²) < 4.78 is 21.0. The van der Waals surface area contributed by atoms with Gasteiger partial charge in [-0.2, -0.15) is 0 Å². The first-order valence-electron chi connectivity index (χ1n) is 6.33. The van der Waals surface area contributed by atoms with Crippen LogP contribution in [-0.2, 0) is 6.54 Å². The van der Waals surface area contributed by atoms with E-state index in [1.165, 1.54) is 12.1 Å². The second-order valence-electron chi connectivity index (χ2n) is 4.64. The maximum atomic E-state index is 13.2. The molecule has 19 heavy (non-hydrogen) atoms. The molecule has 1 unspecified atom stereocenters. The molecule has 1 aliphatic heterocycles. The van der Waals surface area contributed by atoms with Gasteiger partial charge in [0.15, 0.2) is 0 Å². The molecule has 5 heteroatoms. The van der Waals surface area contributed by atoms with Gasteiger partial charge in [0.05, 0.1) is 24.3 Å². The lowest BCUT2D eigenvalue weighted by Crippen LogP contribution is -2.21. The molecule has 0 bridgehead atoms. The number of aliphatic hydroxyl groups is 1. The quantitative estimate of drug-likeness (QED) is 0.905. The van der Waals surface area contributed by atoms with E-state index < -0.39 is 6.10 Å². The van der Waals surface area contributed by atoms with Crippen molar-refractivity contribution in [2.24, 2.45) is 0 Å². The van der Waals surface area contributed by atoms with Gasteiger partial charge in [0.25, 0.3) is 0 Å². The Balaban J connectivity index is 1.95. The Morgan fingerprint density at radius 2 is 2.37 bits per heavy atom. The SMILES string of the molecule is CCn1cncc1C1C[C@H](O)c2cc(F)ccc2O1. The number of fused-ring (bicyclic) bond motifs is 1. The van der Waals surface area contributed by atoms with Gasteiger partial charge >= 0.3 is 0 Å². The molecular weight excluding hydrogens is 247 g/mol. The average molecular weight is 262 g/mol. The summed E-state index contributed by atoms with van der Waals surface area (Å²) in [5, 5.41) is 10.1. The van der Waals surface area contributed by atoms with Gasteiger partial charge < -0.3 is 14.4 Å². The predicted molar refractivity (Wildman–Crippen MR) is 67.2 cm³/mol. The van der Waals surface area contributed by atoms with E-state index in [0.717, 1.165) is 12.2 Å². The molecule has 1 aromatic heterocycles. The Hall–Kier alpha value is -1.88. The summed E-state index contributed by atoms with van der Waals surface area (Å²) in [4.78, 5) is 4.10. The van der Waals surface area contributed by atoms with Gasteiger partial charge in [-0.1, -0.05) is 0 Å². The molecule has 4 nitrogen and oxygen atoms in total. The molecular formula is C14H15FN2O2. The molecule has 0 radical (unpaired) electrons. The lowest BCUT2D eigenvalue weighted by atomic mass is 9.97. The van der Waals surface area contributed by atoms with E-state index >= 15 is 0 Å². The number of rotatable bonds is 2. The first-order valence-corrected chi connectivity index (χ1v) is 6.33. The Bertz CT molecular complexity index is 597. The van der Waals surface area contributed by atoms with Gasteiger partial charge in [-0.3, -0.25) is 0 Å². The van der Waals surface area contributed by atoms with Crippen LogP contribution >= 0.6 is 0 Å². The van der Waals surface area contributed by atoms with E-state index in [1.807, 2.05) is 11.5 Å². The Morgan fingerprint density at radius 1 is 1.53 bits per heavy atom. The van der Waals surface area contributed by atoms with Crippen LogP contribution in [0.25, 0.3) is 0 Å². The molecule has 100 valence electrons. The molecule has 2 heterocycles. The van der Waals surface area contributed by atoms with Crippen molar-refractivity contribution >= 4 is 0 Å². The summed E-state index contributed by atoms with van der Waals surface area (Å²) in [7, 11) is 0. The van der Waals surface area contributed by atoms with Crippen molar-refractivity contribution in [2.45, 2.75) is 32.1 Å². The smallest absolute Gasteiger partial charge is 0.143 e. The highest BCUT2D eigenvalue weighted by atomic mass is 19.1. The molecule has 0 spiro atoms. The van der Waals surface area contributed by atoms with Crippen molar-refractivity contribution in [2.75, 3.05) is 0 Å². The highest BCUT2D eigenvalue weighted by Crippen LogP contribution is 2.40. The number of hydrogen-bond acceptors (Lipinski definition) is 3. The number of aliphatic hydroxyl groups excluding tert-OH is 1. The van der Waals surface area contributed by atoms with Crippen molar-refractivity contribution < 1.29 is 14.2 Å². The molecule has 0 fully saturated rings. The lowest BCUT2D eigenvalue weighted by molar-refractivity contribution is 0.0615. The summed E-state index contributed by atoms with van der Waals surface area (Å²) >= 11 is 0. The minimum Gasteiger partial charge on any atom is -0.484 e. The second-order valence-corrected chi connectivity index (χ2v) is 4.64. The van der Waals surface area contributed by atoms with E-state index in [-0.39, 0.29) is 11.9 Å². The third-order valence-corrected chi connectivity index (χ3v) is 3.45. The standard InChI is InChI=1S/C14H15FN2O2/c1-2-17-8-16-7-11(17)14-6-12(18)10-5-9(15)3-4-13(10)19-14/h3-5,7-8,12,14,18H,2,6H2,1H3/t12-,14?/m0/s1. The zero-order chi connectivity index (χ0) is 13.4. The monoisotopic (exact) mass is 262 g/mol. The average Bonchev–Trinajstić information content (AvgIpc) is 2.87. The number of nitrogens with zero attached hydrogens (tertiary/aromatic N) is 2. The molecule has 0 saturated carbocycles. The summed E-state index contributed by atoms with van der Waals surface area (Å²) in [6.45, 7) is 2.81. The summed E-state index contributed by atoms with van der Waals surface area (Å²) in [6.07, 6.45) is 2.92. The van der Waals surface area contributed by atoms with Crippen LogP contribution in [0.1, 0.15) is 36.8 Å². The van der Waals surface area contributed by atoms with E-state index in [4.69, 9.17) is 4.74 Å². The second kappa shape index (κ2) is 4.66.